The van der Waals surface area contributed by atoms with Crippen LogP contribution < -0.4 is 5.32 Å². The molecule has 1 aromatic carbocycles. The van der Waals surface area contributed by atoms with Crippen molar-refractivity contribution in [3.05, 3.63) is 41.6 Å². The van der Waals surface area contributed by atoms with Crippen LogP contribution in [0.2, 0.25) is 0 Å². The fourth-order valence-electron chi connectivity index (χ4n) is 1.44. The van der Waals surface area contributed by atoms with E-state index in [1.165, 1.54) is 7.11 Å². The molecule has 0 aliphatic carbocycles. The summed E-state index contributed by atoms with van der Waals surface area (Å²) in [5.74, 6) is -1.02. The van der Waals surface area contributed by atoms with E-state index < -0.39 is 11.9 Å². The van der Waals surface area contributed by atoms with E-state index in [1.54, 1.807) is 31.2 Å². The molecule has 0 fully saturated rings. The number of ether oxygens (including phenoxy) is 1. The Morgan fingerprint density at radius 3 is 2.63 bits per heavy atom. The van der Waals surface area contributed by atoms with E-state index in [-0.39, 0.29) is 17.3 Å². The van der Waals surface area contributed by atoms with Crippen LogP contribution >= 0.6 is 0 Å². The average molecular weight is 261 g/mol. The molecule has 19 heavy (non-hydrogen) atoms. The number of carbonyl (C=O) groups is 2. The van der Waals surface area contributed by atoms with Crippen molar-refractivity contribution in [3.8, 4) is 0 Å². The zero-order chi connectivity index (χ0) is 13.8. The number of rotatable bonds is 3. The summed E-state index contributed by atoms with van der Waals surface area (Å²) in [6.45, 7) is 1.58. The minimum absolute atomic E-state index is 0.169. The highest BCUT2D eigenvalue weighted by atomic mass is 16.5. The molecule has 2 rings (SSSR count). The Bertz CT molecular complexity index is 621. The third-order valence-electron chi connectivity index (χ3n) is 2.30. The van der Waals surface area contributed by atoms with E-state index in [1.807, 2.05) is 0 Å². The van der Waals surface area contributed by atoms with Crippen molar-refractivity contribution in [3.63, 3.8) is 0 Å². The summed E-state index contributed by atoms with van der Waals surface area (Å²) in [5.41, 5.74) is 0.560. The van der Waals surface area contributed by atoms with Crippen LogP contribution in [-0.2, 0) is 4.74 Å². The van der Waals surface area contributed by atoms with Gasteiger partial charge in [0.1, 0.15) is 0 Å². The lowest BCUT2D eigenvalue weighted by Crippen LogP contribution is -2.15. The van der Waals surface area contributed by atoms with Crippen LogP contribution in [0.4, 0.5) is 5.69 Å². The molecule has 0 saturated carbocycles. The first-order chi connectivity index (χ1) is 9.11. The van der Waals surface area contributed by atoms with Crippen LogP contribution in [0.5, 0.6) is 0 Å². The van der Waals surface area contributed by atoms with E-state index in [0.717, 1.165) is 0 Å². The second-order valence-corrected chi connectivity index (χ2v) is 3.62. The SMILES string of the molecule is COC(=O)c1ccccc1NC(=O)c1nnc(C)o1. The summed E-state index contributed by atoms with van der Waals surface area (Å²) in [4.78, 5) is 23.4. The molecule has 0 radical (unpaired) electrons. The van der Waals surface area contributed by atoms with Crippen LogP contribution in [-0.4, -0.2) is 29.2 Å². The number of amides is 1. The fourth-order valence-corrected chi connectivity index (χ4v) is 1.44. The molecule has 0 aliphatic heterocycles. The highest BCUT2D eigenvalue weighted by Crippen LogP contribution is 2.16. The topological polar surface area (TPSA) is 94.3 Å². The molecule has 0 saturated heterocycles. The lowest BCUT2D eigenvalue weighted by Gasteiger charge is -2.07. The molecule has 98 valence electrons. The van der Waals surface area contributed by atoms with E-state index in [9.17, 15) is 9.59 Å². The molecule has 0 bridgehead atoms. The van der Waals surface area contributed by atoms with Gasteiger partial charge in [0.2, 0.25) is 5.89 Å². The van der Waals surface area contributed by atoms with E-state index >= 15 is 0 Å². The van der Waals surface area contributed by atoms with E-state index in [2.05, 4.69) is 20.3 Å². The molecule has 7 nitrogen and oxygen atoms in total. The van der Waals surface area contributed by atoms with Gasteiger partial charge in [0.05, 0.1) is 18.4 Å². The number of hydrogen-bond donors (Lipinski definition) is 1. The van der Waals surface area contributed by atoms with Gasteiger partial charge < -0.3 is 14.5 Å². The first-order valence-electron chi connectivity index (χ1n) is 5.40. The molecule has 2 aromatic rings. The number of aromatic nitrogens is 2. The van der Waals surface area contributed by atoms with Gasteiger partial charge in [-0.2, -0.15) is 0 Å². The predicted octanol–water partition coefficient (Wildman–Crippen LogP) is 1.42. The quantitative estimate of drug-likeness (QED) is 0.839. The monoisotopic (exact) mass is 261 g/mol. The Morgan fingerprint density at radius 2 is 2.00 bits per heavy atom. The van der Waals surface area contributed by atoms with Crippen LogP contribution in [0.15, 0.2) is 28.7 Å². The first-order valence-corrected chi connectivity index (χ1v) is 5.40. The zero-order valence-corrected chi connectivity index (χ0v) is 10.3. The molecule has 7 heteroatoms. The number of carbonyl (C=O) groups excluding carboxylic acids is 2. The van der Waals surface area contributed by atoms with Gasteiger partial charge in [-0.3, -0.25) is 4.79 Å². The summed E-state index contributed by atoms with van der Waals surface area (Å²) >= 11 is 0. The Hall–Kier alpha value is -2.70. The highest BCUT2D eigenvalue weighted by Gasteiger charge is 2.17. The van der Waals surface area contributed by atoms with Crippen molar-refractivity contribution in [1.29, 1.82) is 0 Å². The molecule has 1 amide bonds. The number of methoxy groups -OCH3 is 1. The number of hydrogen-bond acceptors (Lipinski definition) is 6. The van der Waals surface area contributed by atoms with Crippen molar-refractivity contribution >= 4 is 17.6 Å². The van der Waals surface area contributed by atoms with Gasteiger partial charge in [-0.15, -0.1) is 10.2 Å². The van der Waals surface area contributed by atoms with Crippen molar-refractivity contribution in [2.24, 2.45) is 0 Å². The van der Waals surface area contributed by atoms with Crippen LogP contribution in [0.1, 0.15) is 26.9 Å². The Morgan fingerprint density at radius 1 is 1.26 bits per heavy atom. The summed E-state index contributed by atoms with van der Waals surface area (Å²) in [5, 5.41) is 9.66. The van der Waals surface area contributed by atoms with Gasteiger partial charge in [0.25, 0.3) is 0 Å². The summed E-state index contributed by atoms with van der Waals surface area (Å²) < 4.78 is 9.62. The maximum atomic E-state index is 11.8. The average Bonchev–Trinajstić information content (AvgIpc) is 2.85. The highest BCUT2D eigenvalue weighted by molar-refractivity contribution is 6.05. The standard InChI is InChI=1S/C12H11N3O4/c1-7-14-15-11(19-7)10(16)13-9-6-4-3-5-8(9)12(17)18-2/h3-6H,1-2H3,(H,13,16). The fraction of sp³-hybridized carbons (Fsp3) is 0.167. The van der Waals surface area contributed by atoms with Crippen molar-refractivity contribution < 1.29 is 18.7 Å². The normalized spacial score (nSPS) is 10.0. The van der Waals surface area contributed by atoms with Crippen molar-refractivity contribution in [1.82, 2.24) is 10.2 Å². The lowest BCUT2D eigenvalue weighted by atomic mass is 10.2. The second-order valence-electron chi connectivity index (χ2n) is 3.62. The Kier molecular flexibility index (Phi) is 3.56. The third kappa shape index (κ3) is 2.76. The zero-order valence-electron chi connectivity index (χ0n) is 10.3. The molecule has 0 aliphatic rings. The van der Waals surface area contributed by atoms with Crippen molar-refractivity contribution in [2.75, 3.05) is 12.4 Å². The molecule has 1 aromatic heterocycles. The third-order valence-corrected chi connectivity index (χ3v) is 2.30. The number of nitrogens with zero attached hydrogens (tertiary/aromatic N) is 2. The smallest absolute Gasteiger partial charge is 0.339 e. The maximum absolute atomic E-state index is 11.8. The molecule has 0 atom stereocenters. The van der Waals surface area contributed by atoms with Crippen LogP contribution in [0.3, 0.4) is 0 Å². The van der Waals surface area contributed by atoms with E-state index in [4.69, 9.17) is 4.42 Å². The van der Waals surface area contributed by atoms with Gasteiger partial charge >= 0.3 is 17.8 Å². The molecular formula is C12H11N3O4. The minimum Gasteiger partial charge on any atom is -0.465 e. The predicted molar refractivity (Wildman–Crippen MR) is 64.8 cm³/mol. The van der Waals surface area contributed by atoms with Gasteiger partial charge in [-0.25, -0.2) is 4.79 Å². The molecule has 1 N–H and O–H groups in total. The number of nitrogens with one attached hydrogen (secondary N) is 1. The number of aryl methyl sites for hydroxylation is 1. The molecular weight excluding hydrogens is 250 g/mol. The second kappa shape index (κ2) is 5.30. The number of anilines is 1. The Labute approximate surface area is 108 Å². The summed E-state index contributed by atoms with van der Waals surface area (Å²) in [7, 11) is 1.27. The lowest BCUT2D eigenvalue weighted by molar-refractivity contribution is 0.0602. The van der Waals surface area contributed by atoms with E-state index in [0.29, 0.717) is 5.69 Å². The largest absolute Gasteiger partial charge is 0.465 e. The Balaban J connectivity index is 2.24. The number of para-hydroxylation sites is 1. The van der Waals surface area contributed by atoms with Gasteiger partial charge in [0.15, 0.2) is 0 Å². The number of esters is 1. The van der Waals surface area contributed by atoms with Crippen LogP contribution in [0, 0.1) is 6.92 Å². The molecule has 0 unspecified atom stereocenters. The van der Waals surface area contributed by atoms with Gasteiger partial charge in [-0.1, -0.05) is 12.1 Å². The van der Waals surface area contributed by atoms with Crippen molar-refractivity contribution in [2.45, 2.75) is 6.92 Å². The molecule has 0 spiro atoms. The van der Waals surface area contributed by atoms with Gasteiger partial charge in [-0.05, 0) is 12.1 Å². The van der Waals surface area contributed by atoms with Crippen LogP contribution in [0.25, 0.3) is 0 Å². The maximum Gasteiger partial charge on any atom is 0.339 e. The summed E-state index contributed by atoms with van der Waals surface area (Å²) in [6, 6.07) is 6.47. The minimum atomic E-state index is -0.586. The molecule has 1 heterocycles. The number of benzene rings is 1. The van der Waals surface area contributed by atoms with Gasteiger partial charge in [0, 0.05) is 6.92 Å². The first kappa shape index (κ1) is 12.7. The summed E-state index contributed by atoms with van der Waals surface area (Å²) in [6.07, 6.45) is 0.